The van der Waals surface area contributed by atoms with Crippen LogP contribution >= 0.6 is 0 Å². The van der Waals surface area contributed by atoms with E-state index in [1.807, 2.05) is 23.1 Å². The number of nitrogens with one attached hydrogen (secondary N) is 3. The van der Waals surface area contributed by atoms with Crippen molar-refractivity contribution in [1.29, 1.82) is 5.41 Å². The van der Waals surface area contributed by atoms with Crippen molar-refractivity contribution in [2.75, 3.05) is 28.6 Å². The second-order valence-electron chi connectivity index (χ2n) is 9.96. The molecule has 10 heteroatoms. The van der Waals surface area contributed by atoms with Crippen molar-refractivity contribution in [2.45, 2.75) is 45.2 Å². The molecule has 0 amide bonds. The summed E-state index contributed by atoms with van der Waals surface area (Å²) in [6.07, 6.45) is 1.65. The number of piperidine rings is 1. The molecule has 6 nitrogen and oxygen atoms in total. The van der Waals surface area contributed by atoms with Crippen molar-refractivity contribution in [1.82, 2.24) is 9.55 Å². The molecule has 1 atom stereocenters. The van der Waals surface area contributed by atoms with E-state index in [1.54, 1.807) is 43.3 Å². The first-order valence-corrected chi connectivity index (χ1v) is 12.8. The molecule has 0 bridgehead atoms. The number of benzene rings is 3. The summed E-state index contributed by atoms with van der Waals surface area (Å²) < 4.78 is 56.6. The van der Waals surface area contributed by atoms with Gasteiger partial charge in [0.15, 0.2) is 0 Å². The number of aromatic nitrogens is 2. The van der Waals surface area contributed by atoms with Gasteiger partial charge < -0.3 is 20.9 Å². The molecule has 1 unspecified atom stereocenters. The zero-order valence-corrected chi connectivity index (χ0v) is 21.7. The Hall–Kier alpha value is -4.08. The molecule has 4 aromatic rings. The number of hydrogen-bond donors (Lipinski definition) is 3. The van der Waals surface area contributed by atoms with E-state index in [2.05, 4.69) is 15.6 Å². The SMILES string of the molecule is CC(=N)c1cc(NC2CCCN(c3nc4ccccc4n3C(F)F)C2)ccc1Nc1cccc(C(C)(F)F)c1. The van der Waals surface area contributed by atoms with Gasteiger partial charge in [-0.3, -0.25) is 4.57 Å². The largest absolute Gasteiger partial charge is 0.381 e. The van der Waals surface area contributed by atoms with Crippen LogP contribution in [0.5, 0.6) is 0 Å². The first-order valence-electron chi connectivity index (χ1n) is 12.8. The highest BCUT2D eigenvalue weighted by atomic mass is 19.3. The number of para-hydroxylation sites is 2. The molecule has 3 N–H and O–H groups in total. The van der Waals surface area contributed by atoms with Crippen LogP contribution in [0, 0.1) is 5.41 Å². The molecule has 204 valence electrons. The Kier molecular flexibility index (Phi) is 7.20. The first-order chi connectivity index (χ1) is 18.6. The highest BCUT2D eigenvalue weighted by Gasteiger charge is 2.27. The number of halogens is 4. The molecule has 39 heavy (non-hydrogen) atoms. The lowest BCUT2D eigenvalue weighted by molar-refractivity contribution is 0.0175. The maximum Gasteiger partial charge on any atom is 0.321 e. The zero-order chi connectivity index (χ0) is 27.7. The lowest BCUT2D eigenvalue weighted by Crippen LogP contribution is -2.43. The summed E-state index contributed by atoms with van der Waals surface area (Å²) in [6.45, 7) is 0.932. The lowest BCUT2D eigenvalue weighted by Gasteiger charge is -2.34. The van der Waals surface area contributed by atoms with Gasteiger partial charge in [0, 0.05) is 60.0 Å². The molecular weight excluding hydrogens is 508 g/mol. The van der Waals surface area contributed by atoms with Gasteiger partial charge in [-0.1, -0.05) is 24.3 Å². The molecule has 2 heterocycles. The molecule has 0 saturated carbocycles. The highest BCUT2D eigenvalue weighted by Crippen LogP contribution is 2.33. The zero-order valence-electron chi connectivity index (χ0n) is 21.7. The maximum absolute atomic E-state index is 14.0. The fraction of sp³-hybridized carbons (Fsp3) is 0.310. The molecule has 1 aromatic heterocycles. The smallest absolute Gasteiger partial charge is 0.321 e. The van der Waals surface area contributed by atoms with E-state index < -0.39 is 12.5 Å². The minimum atomic E-state index is -2.96. The van der Waals surface area contributed by atoms with Gasteiger partial charge in [0.05, 0.1) is 11.0 Å². The average Bonchev–Trinajstić information content (AvgIpc) is 3.29. The molecule has 1 aliphatic heterocycles. The summed E-state index contributed by atoms with van der Waals surface area (Å²) in [6, 6.07) is 18.4. The van der Waals surface area contributed by atoms with Crippen LogP contribution in [-0.2, 0) is 5.92 Å². The first kappa shape index (κ1) is 26.5. The minimum absolute atomic E-state index is 0.0224. The summed E-state index contributed by atoms with van der Waals surface area (Å²) in [5.74, 6) is -2.70. The second-order valence-corrected chi connectivity index (χ2v) is 9.96. The summed E-state index contributed by atoms with van der Waals surface area (Å²) in [7, 11) is 0. The van der Waals surface area contributed by atoms with E-state index in [9.17, 15) is 17.6 Å². The van der Waals surface area contributed by atoms with E-state index >= 15 is 0 Å². The Morgan fingerprint density at radius 3 is 2.59 bits per heavy atom. The number of anilines is 4. The van der Waals surface area contributed by atoms with Crippen molar-refractivity contribution in [3.63, 3.8) is 0 Å². The molecule has 1 saturated heterocycles. The summed E-state index contributed by atoms with van der Waals surface area (Å²) in [4.78, 5) is 6.40. The number of alkyl halides is 4. The normalized spacial score (nSPS) is 16.1. The van der Waals surface area contributed by atoms with Crippen LogP contribution in [-0.4, -0.2) is 34.4 Å². The number of imidazole rings is 1. The van der Waals surface area contributed by atoms with E-state index in [1.165, 1.54) is 12.1 Å². The molecular formula is C29H30F4N6. The van der Waals surface area contributed by atoms with Gasteiger partial charge in [0.1, 0.15) is 0 Å². The molecule has 0 radical (unpaired) electrons. The number of hydrogen-bond acceptors (Lipinski definition) is 5. The number of rotatable bonds is 8. The molecule has 0 aliphatic carbocycles. The van der Waals surface area contributed by atoms with E-state index in [-0.39, 0.29) is 17.6 Å². The number of nitrogens with zero attached hydrogens (tertiary/aromatic N) is 3. The van der Waals surface area contributed by atoms with Crippen molar-refractivity contribution >= 4 is 39.8 Å². The minimum Gasteiger partial charge on any atom is -0.381 e. The number of fused-ring (bicyclic) bond motifs is 1. The Morgan fingerprint density at radius 2 is 1.85 bits per heavy atom. The van der Waals surface area contributed by atoms with Crippen LogP contribution in [0.2, 0.25) is 0 Å². The van der Waals surface area contributed by atoms with Crippen LogP contribution in [0.25, 0.3) is 11.0 Å². The van der Waals surface area contributed by atoms with E-state index in [4.69, 9.17) is 5.41 Å². The van der Waals surface area contributed by atoms with Crippen molar-refractivity contribution in [3.05, 3.63) is 77.9 Å². The van der Waals surface area contributed by atoms with Gasteiger partial charge >= 0.3 is 6.55 Å². The third kappa shape index (κ3) is 5.69. The summed E-state index contributed by atoms with van der Waals surface area (Å²) in [5, 5.41) is 14.9. The van der Waals surface area contributed by atoms with Gasteiger partial charge in [-0.2, -0.15) is 8.78 Å². The molecule has 3 aromatic carbocycles. The highest BCUT2D eigenvalue weighted by molar-refractivity contribution is 6.03. The third-order valence-corrected chi connectivity index (χ3v) is 6.92. The fourth-order valence-electron chi connectivity index (χ4n) is 5.04. The van der Waals surface area contributed by atoms with Gasteiger partial charge in [-0.25, -0.2) is 13.8 Å². The van der Waals surface area contributed by atoms with E-state index in [0.717, 1.165) is 30.0 Å². The van der Waals surface area contributed by atoms with Gasteiger partial charge in [-0.05, 0) is 62.2 Å². The van der Waals surface area contributed by atoms with Gasteiger partial charge in [-0.15, -0.1) is 0 Å². The molecule has 1 fully saturated rings. The Bertz CT molecular complexity index is 1490. The van der Waals surface area contributed by atoms with Gasteiger partial charge in [0.25, 0.3) is 5.92 Å². The van der Waals surface area contributed by atoms with Crippen LogP contribution in [0.3, 0.4) is 0 Å². The standard InChI is InChI=1S/C29H30F4N6/c1-18(34)23-16-21(12-13-24(23)36-20-8-5-7-19(15-20)29(2,32)33)35-22-9-6-14-38(17-22)28-37-25-10-3-4-11-26(25)39(28)27(30)31/h3-5,7-8,10-13,15-16,22,27,34-36H,6,9,14,17H2,1-2H3. The maximum atomic E-state index is 14.0. The van der Waals surface area contributed by atoms with Crippen LogP contribution in [0.15, 0.2) is 66.7 Å². The van der Waals surface area contributed by atoms with Crippen molar-refractivity contribution in [2.24, 2.45) is 0 Å². The van der Waals surface area contributed by atoms with Crippen molar-refractivity contribution in [3.8, 4) is 0 Å². The quantitative estimate of drug-likeness (QED) is 0.158. The molecule has 5 rings (SSSR count). The molecule has 0 spiro atoms. The summed E-state index contributed by atoms with van der Waals surface area (Å²) >= 11 is 0. The predicted octanol–water partition coefficient (Wildman–Crippen LogP) is 7.76. The average molecular weight is 539 g/mol. The fourth-order valence-corrected chi connectivity index (χ4v) is 5.04. The monoisotopic (exact) mass is 538 g/mol. The van der Waals surface area contributed by atoms with Gasteiger partial charge in [0.2, 0.25) is 5.95 Å². The van der Waals surface area contributed by atoms with Crippen LogP contribution in [0.1, 0.15) is 44.4 Å². The second kappa shape index (κ2) is 10.6. The van der Waals surface area contributed by atoms with Crippen LogP contribution < -0.4 is 15.5 Å². The Morgan fingerprint density at radius 1 is 1.05 bits per heavy atom. The van der Waals surface area contributed by atoms with Crippen molar-refractivity contribution < 1.29 is 17.6 Å². The lowest BCUT2D eigenvalue weighted by atomic mass is 10.0. The Balaban J connectivity index is 1.35. The summed E-state index contributed by atoms with van der Waals surface area (Å²) in [5.41, 5.74) is 3.69. The predicted molar refractivity (Wildman–Crippen MR) is 148 cm³/mol. The third-order valence-electron chi connectivity index (χ3n) is 6.92. The topological polar surface area (TPSA) is 69.0 Å². The molecule has 1 aliphatic rings. The Labute approximate surface area is 224 Å². The van der Waals surface area contributed by atoms with E-state index in [0.29, 0.717) is 46.8 Å². The van der Waals surface area contributed by atoms with Crippen LogP contribution in [0.4, 0.5) is 40.6 Å².